The van der Waals surface area contributed by atoms with Crippen molar-refractivity contribution in [1.82, 2.24) is 9.88 Å². The maximum atomic E-state index is 12.6. The molecule has 1 N–H and O–H groups in total. The van der Waals surface area contributed by atoms with Crippen LogP contribution >= 0.6 is 0 Å². The second kappa shape index (κ2) is 6.86. The van der Waals surface area contributed by atoms with Crippen molar-refractivity contribution in [3.63, 3.8) is 0 Å². The van der Waals surface area contributed by atoms with Gasteiger partial charge in [0, 0.05) is 23.6 Å². The van der Waals surface area contributed by atoms with Gasteiger partial charge in [-0.25, -0.2) is 21.9 Å². The van der Waals surface area contributed by atoms with Gasteiger partial charge in [-0.05, 0) is 24.1 Å². The maximum absolute atomic E-state index is 12.6. The molecule has 0 unspecified atom stereocenters. The molecule has 1 aliphatic carbocycles. The number of alkyl halides is 2. The van der Waals surface area contributed by atoms with Crippen LogP contribution in [0.3, 0.4) is 0 Å². The number of nitrogens with zero attached hydrogens (tertiary/aromatic N) is 1. The van der Waals surface area contributed by atoms with Crippen molar-refractivity contribution in [3.05, 3.63) is 72.0 Å². The third-order valence-corrected chi connectivity index (χ3v) is 6.03. The molecule has 1 heterocycles. The van der Waals surface area contributed by atoms with E-state index in [1.165, 1.54) is 24.3 Å². The van der Waals surface area contributed by atoms with Crippen molar-refractivity contribution >= 4 is 10.0 Å². The van der Waals surface area contributed by atoms with Gasteiger partial charge in [0.25, 0.3) is 6.43 Å². The van der Waals surface area contributed by atoms with Crippen molar-refractivity contribution in [3.8, 4) is 11.3 Å². The minimum Gasteiger partial charge on any atom is -0.355 e. The second-order valence-electron chi connectivity index (χ2n) is 6.42. The van der Waals surface area contributed by atoms with E-state index >= 15 is 0 Å². The molecular formula is C19H16F2N2O3S. The highest BCUT2D eigenvalue weighted by Crippen LogP contribution is 2.41. The Bertz CT molecular complexity index is 1030. The van der Waals surface area contributed by atoms with Gasteiger partial charge in [0.05, 0.1) is 4.90 Å². The van der Waals surface area contributed by atoms with Crippen LogP contribution in [0.15, 0.2) is 70.1 Å². The molecule has 27 heavy (non-hydrogen) atoms. The lowest BCUT2D eigenvalue weighted by atomic mass is 10.1. The average Bonchev–Trinajstić information content (AvgIpc) is 3.23. The van der Waals surface area contributed by atoms with E-state index in [-0.39, 0.29) is 22.5 Å². The highest BCUT2D eigenvalue weighted by Gasteiger charge is 2.41. The summed E-state index contributed by atoms with van der Waals surface area (Å²) in [7, 11) is -3.66. The number of sulfonamides is 1. The first kappa shape index (κ1) is 17.8. The number of nitrogens with one attached hydrogen (secondary N) is 1. The summed E-state index contributed by atoms with van der Waals surface area (Å²) < 4.78 is 57.5. The SMILES string of the molecule is O=S(=O)(N[C@H]1C[C@@H]1c1ccccc1)c1ccc(-c2cc(C(F)F)on2)cc1. The normalized spacial score (nSPS) is 19.4. The van der Waals surface area contributed by atoms with Crippen molar-refractivity contribution < 1.29 is 21.7 Å². The lowest BCUT2D eigenvalue weighted by Gasteiger charge is -2.07. The van der Waals surface area contributed by atoms with E-state index in [1.54, 1.807) is 0 Å². The summed E-state index contributed by atoms with van der Waals surface area (Å²) in [6, 6.07) is 16.7. The molecule has 3 aromatic rings. The highest BCUT2D eigenvalue weighted by atomic mass is 32.2. The van der Waals surface area contributed by atoms with Crippen LogP contribution in [0.4, 0.5) is 8.78 Å². The molecule has 1 fully saturated rings. The van der Waals surface area contributed by atoms with E-state index in [9.17, 15) is 17.2 Å². The van der Waals surface area contributed by atoms with Crippen LogP contribution in [-0.2, 0) is 10.0 Å². The van der Waals surface area contributed by atoms with Crippen LogP contribution in [0.1, 0.15) is 30.1 Å². The summed E-state index contributed by atoms with van der Waals surface area (Å²) in [4.78, 5) is 0.113. The molecule has 1 aliphatic rings. The fraction of sp³-hybridized carbons (Fsp3) is 0.211. The van der Waals surface area contributed by atoms with Crippen LogP contribution in [-0.4, -0.2) is 19.6 Å². The molecule has 140 valence electrons. The first-order chi connectivity index (χ1) is 12.9. The Morgan fingerprint density at radius 3 is 2.41 bits per heavy atom. The van der Waals surface area contributed by atoms with Gasteiger partial charge in [0.2, 0.25) is 15.8 Å². The van der Waals surface area contributed by atoms with Crippen LogP contribution < -0.4 is 4.72 Å². The molecule has 0 aliphatic heterocycles. The molecule has 2 aromatic carbocycles. The fourth-order valence-electron chi connectivity index (χ4n) is 2.99. The predicted molar refractivity (Wildman–Crippen MR) is 94.8 cm³/mol. The summed E-state index contributed by atoms with van der Waals surface area (Å²) in [5, 5.41) is 3.58. The third-order valence-electron chi connectivity index (χ3n) is 4.53. The van der Waals surface area contributed by atoms with E-state index in [1.807, 2.05) is 30.3 Å². The van der Waals surface area contributed by atoms with Gasteiger partial charge >= 0.3 is 0 Å². The zero-order valence-corrected chi connectivity index (χ0v) is 14.9. The largest absolute Gasteiger partial charge is 0.355 e. The number of benzene rings is 2. The van der Waals surface area contributed by atoms with Gasteiger partial charge in [0.15, 0.2) is 0 Å². The molecule has 0 saturated heterocycles. The van der Waals surface area contributed by atoms with E-state index < -0.39 is 22.2 Å². The third kappa shape index (κ3) is 3.77. The fourth-order valence-corrected chi connectivity index (χ4v) is 4.28. The van der Waals surface area contributed by atoms with Crippen LogP contribution in [0, 0.1) is 0 Å². The molecule has 0 radical (unpaired) electrons. The van der Waals surface area contributed by atoms with Crippen LogP contribution in [0.2, 0.25) is 0 Å². The predicted octanol–water partition coefficient (Wildman–Crippen LogP) is 4.11. The van der Waals surface area contributed by atoms with E-state index in [4.69, 9.17) is 0 Å². The number of halogens is 2. The Morgan fingerprint density at radius 2 is 1.78 bits per heavy atom. The van der Waals surface area contributed by atoms with Gasteiger partial charge in [-0.2, -0.15) is 0 Å². The zero-order chi connectivity index (χ0) is 19.0. The number of rotatable bonds is 6. The molecule has 8 heteroatoms. The maximum Gasteiger partial charge on any atom is 0.298 e. The van der Waals surface area contributed by atoms with Gasteiger partial charge in [-0.3, -0.25) is 0 Å². The molecule has 1 saturated carbocycles. The molecule has 4 rings (SSSR count). The second-order valence-corrected chi connectivity index (χ2v) is 8.13. The molecule has 1 aromatic heterocycles. The van der Waals surface area contributed by atoms with Gasteiger partial charge < -0.3 is 4.52 Å². The summed E-state index contributed by atoms with van der Waals surface area (Å²) in [5.41, 5.74) is 1.84. The molecule has 5 nitrogen and oxygen atoms in total. The molecule has 0 amide bonds. The topological polar surface area (TPSA) is 72.2 Å². The van der Waals surface area contributed by atoms with E-state index in [2.05, 4.69) is 14.4 Å². The Hall–Kier alpha value is -2.58. The monoisotopic (exact) mass is 390 g/mol. The van der Waals surface area contributed by atoms with E-state index in [0.717, 1.165) is 18.1 Å². The smallest absolute Gasteiger partial charge is 0.298 e. The molecular weight excluding hydrogens is 374 g/mol. The molecule has 2 atom stereocenters. The average molecular weight is 390 g/mol. The van der Waals surface area contributed by atoms with E-state index in [0.29, 0.717) is 5.56 Å². The Morgan fingerprint density at radius 1 is 1.07 bits per heavy atom. The van der Waals surface area contributed by atoms with Crippen LogP contribution in [0.5, 0.6) is 0 Å². The molecule has 0 bridgehead atoms. The van der Waals surface area contributed by atoms with Crippen molar-refractivity contribution in [2.24, 2.45) is 0 Å². The summed E-state index contributed by atoms with van der Waals surface area (Å²) in [6.45, 7) is 0. The Labute approximate surface area is 155 Å². The standard InChI is InChI=1S/C19H16F2N2O3S/c20-19(21)18-11-16(22-26-18)13-6-8-14(9-7-13)27(24,25)23-17-10-15(17)12-4-2-1-3-5-12/h1-9,11,15,17,19,23H,10H2/t15-,17+/m1/s1. The zero-order valence-electron chi connectivity index (χ0n) is 14.0. The number of aromatic nitrogens is 1. The van der Waals surface area contributed by atoms with Crippen molar-refractivity contribution in [2.45, 2.75) is 29.7 Å². The Kier molecular flexibility index (Phi) is 4.53. The minimum absolute atomic E-state index is 0.113. The van der Waals surface area contributed by atoms with Gasteiger partial charge in [-0.1, -0.05) is 47.6 Å². The summed E-state index contributed by atoms with van der Waals surface area (Å²) in [5.74, 6) is -0.341. The minimum atomic E-state index is -3.66. The summed E-state index contributed by atoms with van der Waals surface area (Å²) in [6.07, 6.45) is -1.98. The first-order valence-electron chi connectivity index (χ1n) is 8.36. The van der Waals surface area contributed by atoms with Crippen molar-refractivity contribution in [2.75, 3.05) is 0 Å². The lowest BCUT2D eigenvalue weighted by Crippen LogP contribution is -2.26. The summed E-state index contributed by atoms with van der Waals surface area (Å²) >= 11 is 0. The number of hydrogen-bond donors (Lipinski definition) is 1. The van der Waals surface area contributed by atoms with Crippen LogP contribution in [0.25, 0.3) is 11.3 Å². The quantitative estimate of drug-likeness (QED) is 0.687. The Balaban J connectivity index is 1.46. The first-order valence-corrected chi connectivity index (χ1v) is 9.85. The van der Waals surface area contributed by atoms with Gasteiger partial charge in [0.1, 0.15) is 5.69 Å². The molecule has 0 spiro atoms. The number of hydrogen-bond acceptors (Lipinski definition) is 4. The highest BCUT2D eigenvalue weighted by molar-refractivity contribution is 7.89. The van der Waals surface area contributed by atoms with Crippen molar-refractivity contribution in [1.29, 1.82) is 0 Å². The van der Waals surface area contributed by atoms with Gasteiger partial charge in [-0.15, -0.1) is 0 Å². The lowest BCUT2D eigenvalue weighted by molar-refractivity contribution is 0.112.